The van der Waals surface area contributed by atoms with Crippen LogP contribution in [-0.4, -0.2) is 38.5 Å². The van der Waals surface area contributed by atoms with Gasteiger partial charge in [-0.05, 0) is 37.1 Å². The van der Waals surface area contributed by atoms with Gasteiger partial charge in [-0.2, -0.15) is 0 Å². The summed E-state index contributed by atoms with van der Waals surface area (Å²) in [6.07, 6.45) is 6.22. The van der Waals surface area contributed by atoms with Crippen molar-refractivity contribution in [1.82, 2.24) is 14.8 Å². The zero-order valence-corrected chi connectivity index (χ0v) is 15.2. The highest BCUT2D eigenvalue weighted by atomic mass is 32.2. The van der Waals surface area contributed by atoms with Crippen LogP contribution >= 0.6 is 23.1 Å². The SMILES string of the molecule is O=C1CCCCC1Sc1nnc(-c2cccs2)n1CC1CCCO1. The molecule has 4 rings (SSSR count). The molecule has 0 N–H and O–H groups in total. The van der Waals surface area contributed by atoms with Crippen LogP contribution in [0.1, 0.15) is 38.5 Å². The van der Waals surface area contributed by atoms with Crippen molar-refractivity contribution in [2.45, 2.75) is 61.6 Å². The zero-order chi connectivity index (χ0) is 16.4. The largest absolute Gasteiger partial charge is 0.376 e. The highest BCUT2D eigenvalue weighted by molar-refractivity contribution is 8.00. The van der Waals surface area contributed by atoms with Crippen molar-refractivity contribution in [2.75, 3.05) is 6.61 Å². The van der Waals surface area contributed by atoms with Gasteiger partial charge in [0.1, 0.15) is 5.78 Å². The highest BCUT2D eigenvalue weighted by Crippen LogP contribution is 2.34. The van der Waals surface area contributed by atoms with Crippen molar-refractivity contribution < 1.29 is 9.53 Å². The Kier molecular flexibility index (Phi) is 5.01. The van der Waals surface area contributed by atoms with E-state index < -0.39 is 0 Å². The van der Waals surface area contributed by atoms with Gasteiger partial charge in [0.15, 0.2) is 11.0 Å². The maximum absolute atomic E-state index is 12.2. The van der Waals surface area contributed by atoms with E-state index in [9.17, 15) is 4.79 Å². The lowest BCUT2D eigenvalue weighted by molar-refractivity contribution is -0.119. The molecule has 1 aliphatic heterocycles. The van der Waals surface area contributed by atoms with Crippen LogP contribution in [0.25, 0.3) is 10.7 Å². The first-order valence-corrected chi connectivity index (χ1v) is 10.4. The molecule has 2 aliphatic rings. The topological polar surface area (TPSA) is 57.0 Å². The van der Waals surface area contributed by atoms with E-state index in [0.29, 0.717) is 12.2 Å². The summed E-state index contributed by atoms with van der Waals surface area (Å²) in [6.45, 7) is 1.61. The fraction of sp³-hybridized carbons (Fsp3) is 0.588. The van der Waals surface area contributed by atoms with E-state index in [-0.39, 0.29) is 11.4 Å². The van der Waals surface area contributed by atoms with Gasteiger partial charge < -0.3 is 4.74 Å². The van der Waals surface area contributed by atoms with Crippen LogP contribution in [-0.2, 0) is 16.1 Å². The first-order chi connectivity index (χ1) is 11.8. The second-order valence-corrected chi connectivity index (χ2v) is 8.47. The molecule has 1 aliphatic carbocycles. The number of thiophene rings is 1. The minimum atomic E-state index is 0.0300. The second kappa shape index (κ2) is 7.37. The summed E-state index contributed by atoms with van der Waals surface area (Å²) in [5, 5.41) is 11.8. The van der Waals surface area contributed by atoms with Gasteiger partial charge >= 0.3 is 0 Å². The fourth-order valence-electron chi connectivity index (χ4n) is 3.32. The van der Waals surface area contributed by atoms with E-state index >= 15 is 0 Å². The molecule has 3 heterocycles. The Labute approximate surface area is 149 Å². The van der Waals surface area contributed by atoms with E-state index in [4.69, 9.17) is 4.74 Å². The van der Waals surface area contributed by atoms with Gasteiger partial charge in [0.05, 0.1) is 22.8 Å². The number of carbonyl (C=O) groups excluding carboxylic acids is 1. The lowest BCUT2D eigenvalue weighted by Crippen LogP contribution is -2.23. The summed E-state index contributed by atoms with van der Waals surface area (Å²) in [6, 6.07) is 4.10. The van der Waals surface area contributed by atoms with Crippen LogP contribution in [0.4, 0.5) is 0 Å². The number of carbonyl (C=O) groups is 1. The van der Waals surface area contributed by atoms with Gasteiger partial charge in [0.25, 0.3) is 0 Å². The van der Waals surface area contributed by atoms with Crippen molar-refractivity contribution in [2.24, 2.45) is 0 Å². The number of hydrogen-bond acceptors (Lipinski definition) is 6. The van der Waals surface area contributed by atoms with Crippen molar-refractivity contribution >= 4 is 28.9 Å². The number of rotatable bonds is 5. The van der Waals surface area contributed by atoms with Gasteiger partial charge in [-0.3, -0.25) is 9.36 Å². The van der Waals surface area contributed by atoms with E-state index in [1.54, 1.807) is 23.1 Å². The molecule has 0 spiro atoms. The first-order valence-electron chi connectivity index (χ1n) is 8.59. The first kappa shape index (κ1) is 16.3. The molecule has 2 fully saturated rings. The van der Waals surface area contributed by atoms with Gasteiger partial charge in [0.2, 0.25) is 0 Å². The molecular weight excluding hydrogens is 342 g/mol. The summed E-state index contributed by atoms with van der Waals surface area (Å²) in [7, 11) is 0. The number of thioether (sulfide) groups is 1. The molecular formula is C17H21N3O2S2. The van der Waals surface area contributed by atoms with Gasteiger partial charge in [-0.15, -0.1) is 21.5 Å². The number of ketones is 1. The number of Topliss-reactive ketones (excluding diaryl/α,β-unsaturated/α-hetero) is 1. The van der Waals surface area contributed by atoms with Crippen molar-refractivity contribution in [1.29, 1.82) is 0 Å². The third kappa shape index (κ3) is 3.43. The smallest absolute Gasteiger partial charge is 0.192 e. The third-order valence-corrected chi connectivity index (χ3v) is 6.78. The van der Waals surface area contributed by atoms with E-state index in [2.05, 4.69) is 26.2 Å². The molecule has 128 valence electrons. The second-order valence-electron chi connectivity index (χ2n) is 6.35. The Bertz CT molecular complexity index is 693. The molecule has 24 heavy (non-hydrogen) atoms. The van der Waals surface area contributed by atoms with E-state index in [1.807, 2.05) is 6.07 Å². The Morgan fingerprint density at radius 3 is 3.00 bits per heavy atom. The standard InChI is InChI=1S/C17H21N3O2S2/c21-13-6-1-2-7-14(13)24-17-19-18-16(15-8-4-10-23-15)20(17)11-12-5-3-9-22-12/h4,8,10,12,14H,1-3,5-7,9,11H2. The number of ether oxygens (including phenoxy) is 1. The number of nitrogens with zero attached hydrogens (tertiary/aromatic N) is 3. The summed E-state index contributed by atoms with van der Waals surface area (Å²) in [4.78, 5) is 13.3. The molecule has 2 aromatic heterocycles. The molecule has 2 atom stereocenters. The predicted octanol–water partition coefficient (Wildman–Crippen LogP) is 3.79. The number of hydrogen-bond donors (Lipinski definition) is 0. The highest BCUT2D eigenvalue weighted by Gasteiger charge is 2.28. The maximum atomic E-state index is 12.2. The lowest BCUT2D eigenvalue weighted by Gasteiger charge is -2.20. The van der Waals surface area contributed by atoms with Crippen LogP contribution in [0, 0.1) is 0 Å². The molecule has 0 radical (unpaired) electrons. The van der Waals surface area contributed by atoms with Crippen molar-refractivity contribution in [3.63, 3.8) is 0 Å². The van der Waals surface area contributed by atoms with Crippen LogP contribution in [0.15, 0.2) is 22.7 Å². The third-order valence-electron chi connectivity index (χ3n) is 4.61. The van der Waals surface area contributed by atoms with E-state index in [0.717, 1.165) is 61.1 Å². The van der Waals surface area contributed by atoms with Crippen LogP contribution in [0.5, 0.6) is 0 Å². The van der Waals surface area contributed by atoms with Crippen LogP contribution in [0.3, 0.4) is 0 Å². The summed E-state index contributed by atoms with van der Waals surface area (Å²) >= 11 is 3.26. The molecule has 5 nitrogen and oxygen atoms in total. The number of aromatic nitrogens is 3. The van der Waals surface area contributed by atoms with Crippen molar-refractivity contribution in [3.05, 3.63) is 17.5 Å². The minimum Gasteiger partial charge on any atom is -0.376 e. The monoisotopic (exact) mass is 363 g/mol. The summed E-state index contributed by atoms with van der Waals surface area (Å²) < 4.78 is 7.98. The van der Waals surface area contributed by atoms with Gasteiger partial charge in [-0.1, -0.05) is 24.2 Å². The lowest BCUT2D eigenvalue weighted by atomic mass is 9.99. The van der Waals surface area contributed by atoms with Crippen LogP contribution < -0.4 is 0 Å². The predicted molar refractivity (Wildman–Crippen MR) is 95.4 cm³/mol. The molecule has 2 aromatic rings. The molecule has 1 saturated heterocycles. The average Bonchev–Trinajstić information content (AvgIpc) is 3.33. The summed E-state index contributed by atoms with van der Waals surface area (Å²) in [5.74, 6) is 1.25. The zero-order valence-electron chi connectivity index (χ0n) is 13.5. The van der Waals surface area contributed by atoms with E-state index in [1.165, 1.54) is 0 Å². The van der Waals surface area contributed by atoms with Crippen LogP contribution in [0.2, 0.25) is 0 Å². The van der Waals surface area contributed by atoms with Gasteiger partial charge in [-0.25, -0.2) is 0 Å². The Morgan fingerprint density at radius 2 is 2.25 bits per heavy atom. The Morgan fingerprint density at radius 1 is 1.29 bits per heavy atom. The molecule has 0 aromatic carbocycles. The molecule has 7 heteroatoms. The quantitative estimate of drug-likeness (QED) is 0.809. The maximum Gasteiger partial charge on any atom is 0.192 e. The molecule has 1 saturated carbocycles. The van der Waals surface area contributed by atoms with Gasteiger partial charge in [0, 0.05) is 13.0 Å². The molecule has 0 amide bonds. The average molecular weight is 364 g/mol. The minimum absolute atomic E-state index is 0.0300. The Hall–Kier alpha value is -1.18. The summed E-state index contributed by atoms with van der Waals surface area (Å²) in [5.41, 5.74) is 0. The normalized spacial score (nSPS) is 24.6. The molecule has 2 unspecified atom stereocenters. The Balaban J connectivity index is 1.61. The van der Waals surface area contributed by atoms with Crippen molar-refractivity contribution in [3.8, 4) is 10.7 Å². The fourth-order valence-corrected chi connectivity index (χ4v) is 5.21. The molecule has 0 bridgehead atoms.